The highest BCUT2D eigenvalue weighted by molar-refractivity contribution is 14.1. The molecular formula is C8H4Cl2I2N2. The van der Waals surface area contributed by atoms with Crippen molar-refractivity contribution >= 4 is 68.4 Å². The van der Waals surface area contributed by atoms with Crippen LogP contribution in [-0.2, 0) is 8.86 Å². The summed E-state index contributed by atoms with van der Waals surface area (Å²) in [6, 6.07) is 1.99. The smallest absolute Gasteiger partial charge is 0.147 e. The summed E-state index contributed by atoms with van der Waals surface area (Å²) in [4.78, 5) is 4.00. The van der Waals surface area contributed by atoms with Crippen LogP contribution in [0, 0.1) is 11.3 Å². The van der Waals surface area contributed by atoms with Gasteiger partial charge in [-0.3, -0.25) is 0 Å². The van der Waals surface area contributed by atoms with Gasteiger partial charge in [0.2, 0.25) is 0 Å². The molecule has 0 atom stereocenters. The van der Waals surface area contributed by atoms with Gasteiger partial charge in [0.15, 0.2) is 0 Å². The molecule has 1 heterocycles. The molecule has 0 aliphatic rings. The van der Waals surface area contributed by atoms with Gasteiger partial charge in [-0.2, -0.15) is 5.26 Å². The SMILES string of the molecule is N#Cc1nc(Cl)c(CI)c(Cl)c1CI. The maximum Gasteiger partial charge on any atom is 0.147 e. The van der Waals surface area contributed by atoms with Crippen molar-refractivity contribution in [1.82, 2.24) is 4.98 Å². The quantitative estimate of drug-likeness (QED) is 0.384. The number of rotatable bonds is 2. The molecule has 0 saturated carbocycles. The van der Waals surface area contributed by atoms with Crippen LogP contribution < -0.4 is 0 Å². The molecule has 6 heteroatoms. The van der Waals surface area contributed by atoms with E-state index in [1.165, 1.54) is 0 Å². The molecule has 2 nitrogen and oxygen atoms in total. The molecule has 0 saturated heterocycles. The van der Waals surface area contributed by atoms with Crippen molar-refractivity contribution < 1.29 is 0 Å². The van der Waals surface area contributed by atoms with Crippen LogP contribution in [0.25, 0.3) is 0 Å². The van der Waals surface area contributed by atoms with E-state index in [4.69, 9.17) is 28.5 Å². The average molecular weight is 453 g/mol. The van der Waals surface area contributed by atoms with Crippen molar-refractivity contribution in [2.75, 3.05) is 0 Å². The zero-order valence-corrected chi connectivity index (χ0v) is 12.6. The molecule has 74 valence electrons. The van der Waals surface area contributed by atoms with Crippen LogP contribution in [0.5, 0.6) is 0 Å². The predicted octanol–water partition coefficient (Wildman–Crippen LogP) is 4.13. The first kappa shape index (κ1) is 12.7. The van der Waals surface area contributed by atoms with Crippen molar-refractivity contribution in [3.05, 3.63) is 27.0 Å². The van der Waals surface area contributed by atoms with E-state index >= 15 is 0 Å². The molecule has 0 unspecified atom stereocenters. The van der Waals surface area contributed by atoms with E-state index in [2.05, 4.69) is 50.2 Å². The van der Waals surface area contributed by atoms with Gasteiger partial charge in [-0.1, -0.05) is 68.4 Å². The van der Waals surface area contributed by atoms with Gasteiger partial charge in [-0.05, 0) is 0 Å². The maximum atomic E-state index is 8.83. The van der Waals surface area contributed by atoms with Crippen LogP contribution in [0.2, 0.25) is 10.2 Å². The van der Waals surface area contributed by atoms with Gasteiger partial charge in [-0.15, -0.1) is 0 Å². The molecule has 1 rings (SSSR count). The van der Waals surface area contributed by atoms with Crippen LogP contribution in [0.3, 0.4) is 0 Å². The summed E-state index contributed by atoms with van der Waals surface area (Å²) in [7, 11) is 0. The Morgan fingerprint density at radius 3 is 2.21 bits per heavy atom. The molecule has 0 radical (unpaired) electrons. The van der Waals surface area contributed by atoms with Crippen molar-refractivity contribution in [1.29, 1.82) is 5.26 Å². The minimum atomic E-state index is 0.322. The molecule has 0 amide bonds. The second-order valence-electron chi connectivity index (χ2n) is 2.40. The third-order valence-corrected chi connectivity index (χ3v) is 3.94. The van der Waals surface area contributed by atoms with E-state index in [0.717, 1.165) is 11.1 Å². The second-order valence-corrected chi connectivity index (χ2v) is 4.66. The molecular weight excluding hydrogens is 449 g/mol. The molecule has 0 aromatic carbocycles. The van der Waals surface area contributed by atoms with Gasteiger partial charge in [0.25, 0.3) is 0 Å². The number of hydrogen-bond acceptors (Lipinski definition) is 2. The summed E-state index contributed by atoms with van der Waals surface area (Å²) in [5.74, 6) is 0. The number of pyridine rings is 1. The van der Waals surface area contributed by atoms with Crippen LogP contribution in [0.15, 0.2) is 0 Å². The fourth-order valence-corrected chi connectivity index (χ4v) is 3.71. The minimum absolute atomic E-state index is 0.322. The zero-order chi connectivity index (χ0) is 10.7. The zero-order valence-electron chi connectivity index (χ0n) is 6.82. The Hall–Kier alpha value is 0.680. The van der Waals surface area contributed by atoms with E-state index in [1.807, 2.05) is 6.07 Å². The van der Waals surface area contributed by atoms with Gasteiger partial charge >= 0.3 is 0 Å². The first-order chi connectivity index (χ1) is 6.65. The lowest BCUT2D eigenvalue weighted by atomic mass is 10.2. The first-order valence-corrected chi connectivity index (χ1v) is 7.35. The molecule has 1 aromatic heterocycles. The summed E-state index contributed by atoms with van der Waals surface area (Å²) < 4.78 is 1.35. The van der Waals surface area contributed by atoms with Crippen LogP contribution in [0.4, 0.5) is 0 Å². The lowest BCUT2D eigenvalue weighted by Crippen LogP contribution is -1.98. The van der Waals surface area contributed by atoms with E-state index in [9.17, 15) is 0 Å². The monoisotopic (exact) mass is 452 g/mol. The Labute approximate surface area is 119 Å². The molecule has 0 aliphatic carbocycles. The normalized spacial score (nSPS) is 9.93. The molecule has 0 N–H and O–H groups in total. The predicted molar refractivity (Wildman–Crippen MR) is 74.4 cm³/mol. The largest absolute Gasteiger partial charge is 0.225 e. The fraction of sp³-hybridized carbons (Fsp3) is 0.250. The summed E-state index contributed by atoms with van der Waals surface area (Å²) in [6.07, 6.45) is 0. The Morgan fingerprint density at radius 2 is 1.79 bits per heavy atom. The maximum absolute atomic E-state index is 8.83. The summed E-state index contributed by atoms with van der Waals surface area (Å²) in [5, 5.41) is 9.73. The van der Waals surface area contributed by atoms with E-state index in [0.29, 0.717) is 24.7 Å². The molecule has 1 aromatic rings. The van der Waals surface area contributed by atoms with Gasteiger partial charge in [0.1, 0.15) is 16.9 Å². The van der Waals surface area contributed by atoms with Gasteiger partial charge in [0, 0.05) is 20.0 Å². The lowest BCUT2D eigenvalue weighted by Gasteiger charge is -2.08. The van der Waals surface area contributed by atoms with Crippen molar-refractivity contribution in [2.24, 2.45) is 0 Å². The molecule has 0 bridgehead atoms. The minimum Gasteiger partial charge on any atom is -0.225 e. The molecule has 14 heavy (non-hydrogen) atoms. The van der Waals surface area contributed by atoms with Crippen molar-refractivity contribution in [2.45, 2.75) is 8.86 Å². The Morgan fingerprint density at radius 1 is 1.21 bits per heavy atom. The van der Waals surface area contributed by atoms with Gasteiger partial charge < -0.3 is 0 Å². The lowest BCUT2D eigenvalue weighted by molar-refractivity contribution is 1.17. The summed E-state index contributed by atoms with van der Waals surface area (Å²) in [6.45, 7) is 0. The number of hydrogen-bond donors (Lipinski definition) is 0. The standard InChI is InChI=1S/C8H4Cl2I2N2/c9-7-4(1-11)6(3-13)14-8(10)5(7)2-12/h1-2H2. The summed E-state index contributed by atoms with van der Waals surface area (Å²) >= 11 is 16.3. The van der Waals surface area contributed by atoms with Crippen molar-refractivity contribution in [3.8, 4) is 6.07 Å². The van der Waals surface area contributed by atoms with Crippen LogP contribution in [0.1, 0.15) is 16.8 Å². The van der Waals surface area contributed by atoms with Crippen LogP contribution in [-0.4, -0.2) is 4.98 Å². The van der Waals surface area contributed by atoms with Gasteiger partial charge in [-0.25, -0.2) is 4.98 Å². The van der Waals surface area contributed by atoms with Crippen LogP contribution >= 0.6 is 68.4 Å². The van der Waals surface area contributed by atoms with E-state index in [1.54, 1.807) is 0 Å². The second kappa shape index (κ2) is 5.68. The fourth-order valence-electron chi connectivity index (χ4n) is 0.938. The number of nitriles is 1. The third kappa shape index (κ3) is 2.43. The molecule has 0 spiro atoms. The number of halogens is 4. The Balaban J connectivity index is 3.49. The number of nitrogens with zero attached hydrogens (tertiary/aromatic N) is 2. The molecule has 0 aliphatic heterocycles. The average Bonchev–Trinajstić information content (AvgIpc) is 2.17. The van der Waals surface area contributed by atoms with E-state index < -0.39 is 0 Å². The van der Waals surface area contributed by atoms with E-state index in [-0.39, 0.29) is 0 Å². The highest BCUT2D eigenvalue weighted by Gasteiger charge is 2.15. The Kier molecular flexibility index (Phi) is 5.17. The van der Waals surface area contributed by atoms with Crippen molar-refractivity contribution in [3.63, 3.8) is 0 Å². The Bertz CT molecular complexity index is 401. The highest BCUT2D eigenvalue weighted by Crippen LogP contribution is 2.31. The highest BCUT2D eigenvalue weighted by atomic mass is 127. The van der Waals surface area contributed by atoms with Gasteiger partial charge in [0.05, 0.1) is 5.02 Å². The number of aromatic nitrogens is 1. The first-order valence-electron chi connectivity index (χ1n) is 3.54. The molecule has 0 fully saturated rings. The summed E-state index contributed by atoms with van der Waals surface area (Å²) in [5.41, 5.74) is 1.90. The topological polar surface area (TPSA) is 36.7 Å². The number of alkyl halides is 2. The third-order valence-electron chi connectivity index (χ3n) is 1.65.